The first-order valence-electron chi connectivity index (χ1n) is 5.36. The van der Waals surface area contributed by atoms with E-state index < -0.39 is 18.5 Å². The standard InChI is InChI=1S/C9H12N4O4/c14-7(15)5-13-8(10-11-12-13)9(16)17-6-3-1-2-4-6/h6H,1-5H2,(H,14,15). The molecule has 0 aliphatic heterocycles. The summed E-state index contributed by atoms with van der Waals surface area (Å²) in [5, 5.41) is 18.8. The number of ether oxygens (including phenoxy) is 1. The molecule has 17 heavy (non-hydrogen) atoms. The lowest BCUT2D eigenvalue weighted by Gasteiger charge is -2.10. The minimum atomic E-state index is -1.12. The molecule has 1 fully saturated rings. The number of tetrazole rings is 1. The number of rotatable bonds is 4. The Morgan fingerprint density at radius 1 is 1.41 bits per heavy atom. The van der Waals surface area contributed by atoms with Crippen molar-refractivity contribution in [2.75, 3.05) is 0 Å². The fraction of sp³-hybridized carbons (Fsp3) is 0.667. The summed E-state index contributed by atoms with van der Waals surface area (Å²) in [6.45, 7) is -0.456. The maximum absolute atomic E-state index is 11.7. The summed E-state index contributed by atoms with van der Waals surface area (Å²) in [5.74, 6) is -1.95. The summed E-state index contributed by atoms with van der Waals surface area (Å²) in [4.78, 5) is 22.2. The van der Waals surface area contributed by atoms with Gasteiger partial charge in [0.15, 0.2) is 0 Å². The molecule has 8 nitrogen and oxygen atoms in total. The van der Waals surface area contributed by atoms with Crippen molar-refractivity contribution in [2.24, 2.45) is 0 Å². The topological polar surface area (TPSA) is 107 Å². The van der Waals surface area contributed by atoms with Crippen LogP contribution in [0.1, 0.15) is 36.3 Å². The van der Waals surface area contributed by atoms with E-state index in [0.717, 1.165) is 30.4 Å². The van der Waals surface area contributed by atoms with Crippen molar-refractivity contribution in [3.8, 4) is 0 Å². The highest BCUT2D eigenvalue weighted by molar-refractivity contribution is 5.85. The van der Waals surface area contributed by atoms with Crippen LogP contribution in [-0.4, -0.2) is 43.4 Å². The fourth-order valence-corrected chi connectivity index (χ4v) is 1.80. The van der Waals surface area contributed by atoms with Crippen LogP contribution in [0.2, 0.25) is 0 Å². The maximum atomic E-state index is 11.7. The van der Waals surface area contributed by atoms with Gasteiger partial charge in [-0.2, -0.15) is 0 Å². The van der Waals surface area contributed by atoms with Crippen molar-refractivity contribution in [3.05, 3.63) is 5.82 Å². The summed E-state index contributed by atoms with van der Waals surface area (Å²) in [5.41, 5.74) is 0. The Morgan fingerprint density at radius 3 is 2.76 bits per heavy atom. The van der Waals surface area contributed by atoms with Gasteiger partial charge in [-0.15, -0.1) is 5.10 Å². The lowest BCUT2D eigenvalue weighted by Crippen LogP contribution is -2.21. The molecular weight excluding hydrogens is 228 g/mol. The molecule has 0 spiro atoms. The largest absolute Gasteiger partial charge is 0.480 e. The van der Waals surface area contributed by atoms with Gasteiger partial charge in [0.1, 0.15) is 12.6 Å². The van der Waals surface area contributed by atoms with Crippen LogP contribution < -0.4 is 0 Å². The first-order valence-corrected chi connectivity index (χ1v) is 5.36. The van der Waals surface area contributed by atoms with Crippen LogP contribution in [-0.2, 0) is 16.1 Å². The fourth-order valence-electron chi connectivity index (χ4n) is 1.80. The van der Waals surface area contributed by atoms with Crippen molar-refractivity contribution >= 4 is 11.9 Å². The van der Waals surface area contributed by atoms with Crippen molar-refractivity contribution < 1.29 is 19.4 Å². The molecule has 1 aromatic rings. The zero-order chi connectivity index (χ0) is 12.3. The van der Waals surface area contributed by atoms with Crippen molar-refractivity contribution in [3.63, 3.8) is 0 Å². The van der Waals surface area contributed by atoms with E-state index >= 15 is 0 Å². The first-order chi connectivity index (χ1) is 8.16. The second kappa shape index (κ2) is 4.89. The molecular formula is C9H12N4O4. The predicted molar refractivity (Wildman–Crippen MR) is 53.1 cm³/mol. The van der Waals surface area contributed by atoms with Crippen molar-refractivity contribution in [1.29, 1.82) is 0 Å². The lowest BCUT2D eigenvalue weighted by molar-refractivity contribution is -0.137. The Kier molecular flexibility index (Phi) is 3.31. The van der Waals surface area contributed by atoms with E-state index in [2.05, 4.69) is 15.5 Å². The number of carbonyl (C=O) groups excluding carboxylic acids is 1. The average molecular weight is 240 g/mol. The second-order valence-corrected chi connectivity index (χ2v) is 3.87. The molecule has 8 heteroatoms. The quantitative estimate of drug-likeness (QED) is 0.729. The molecule has 0 unspecified atom stereocenters. The molecule has 0 aromatic carbocycles. The summed E-state index contributed by atoms with van der Waals surface area (Å²) >= 11 is 0. The van der Waals surface area contributed by atoms with E-state index in [-0.39, 0.29) is 11.9 Å². The number of hydrogen-bond donors (Lipinski definition) is 1. The maximum Gasteiger partial charge on any atom is 0.378 e. The Morgan fingerprint density at radius 2 is 2.12 bits per heavy atom. The monoisotopic (exact) mass is 240 g/mol. The van der Waals surface area contributed by atoms with Crippen LogP contribution in [0.3, 0.4) is 0 Å². The number of aromatic nitrogens is 4. The van der Waals surface area contributed by atoms with E-state index in [1.54, 1.807) is 0 Å². The van der Waals surface area contributed by atoms with Gasteiger partial charge in [0.2, 0.25) is 0 Å². The summed E-state index contributed by atoms with van der Waals surface area (Å²) < 4.78 is 6.10. The van der Waals surface area contributed by atoms with Gasteiger partial charge in [-0.05, 0) is 36.1 Å². The Bertz CT molecular complexity index is 424. The highest BCUT2D eigenvalue weighted by atomic mass is 16.5. The molecule has 1 aromatic heterocycles. The van der Waals surface area contributed by atoms with Crippen LogP contribution in [0.5, 0.6) is 0 Å². The predicted octanol–water partition coefficient (Wildman–Crippen LogP) is -0.143. The zero-order valence-electron chi connectivity index (χ0n) is 9.07. The lowest BCUT2D eigenvalue weighted by atomic mass is 10.3. The molecule has 1 aliphatic carbocycles. The molecule has 92 valence electrons. The summed E-state index contributed by atoms with van der Waals surface area (Å²) in [6.07, 6.45) is 3.66. The second-order valence-electron chi connectivity index (χ2n) is 3.87. The van der Waals surface area contributed by atoms with Gasteiger partial charge in [0, 0.05) is 0 Å². The van der Waals surface area contributed by atoms with Crippen LogP contribution in [0, 0.1) is 0 Å². The number of carboxylic acid groups (broad SMARTS) is 1. The molecule has 2 rings (SSSR count). The van der Waals surface area contributed by atoms with E-state index in [9.17, 15) is 9.59 Å². The van der Waals surface area contributed by atoms with Gasteiger partial charge in [-0.25, -0.2) is 9.48 Å². The van der Waals surface area contributed by atoms with Gasteiger partial charge in [0.25, 0.3) is 5.82 Å². The normalized spacial score (nSPS) is 16.0. The Balaban J connectivity index is 2.02. The zero-order valence-corrected chi connectivity index (χ0v) is 9.07. The third-order valence-electron chi connectivity index (χ3n) is 2.58. The van der Waals surface area contributed by atoms with E-state index in [0.29, 0.717) is 0 Å². The highest BCUT2D eigenvalue weighted by Crippen LogP contribution is 2.21. The molecule has 1 aliphatic rings. The summed E-state index contributed by atoms with van der Waals surface area (Å²) in [7, 11) is 0. The van der Waals surface area contributed by atoms with Gasteiger partial charge < -0.3 is 9.84 Å². The molecule has 0 saturated heterocycles. The smallest absolute Gasteiger partial charge is 0.378 e. The first kappa shape index (κ1) is 11.5. The van der Waals surface area contributed by atoms with E-state index in [1.165, 1.54) is 0 Å². The third kappa shape index (κ3) is 2.77. The number of carboxylic acids is 1. The van der Waals surface area contributed by atoms with Crippen LogP contribution in [0.15, 0.2) is 0 Å². The highest BCUT2D eigenvalue weighted by Gasteiger charge is 2.24. The van der Waals surface area contributed by atoms with Gasteiger partial charge in [-0.3, -0.25) is 4.79 Å². The summed E-state index contributed by atoms with van der Waals surface area (Å²) in [6, 6.07) is 0. The van der Waals surface area contributed by atoms with Crippen molar-refractivity contribution in [2.45, 2.75) is 38.3 Å². The van der Waals surface area contributed by atoms with Gasteiger partial charge >= 0.3 is 11.9 Å². The third-order valence-corrected chi connectivity index (χ3v) is 2.58. The number of nitrogens with zero attached hydrogens (tertiary/aromatic N) is 4. The number of esters is 1. The SMILES string of the molecule is O=C(O)Cn1nnnc1C(=O)OC1CCCC1. The number of aliphatic carboxylic acids is 1. The van der Waals surface area contributed by atoms with Crippen LogP contribution in [0.4, 0.5) is 0 Å². The average Bonchev–Trinajstić information content (AvgIpc) is 2.87. The molecule has 1 heterocycles. The number of carbonyl (C=O) groups is 2. The molecule has 0 atom stereocenters. The van der Waals surface area contributed by atoms with Crippen molar-refractivity contribution in [1.82, 2.24) is 20.2 Å². The Labute approximate surface area is 96.6 Å². The van der Waals surface area contributed by atoms with Crippen LogP contribution >= 0.6 is 0 Å². The van der Waals surface area contributed by atoms with Gasteiger partial charge in [0.05, 0.1) is 0 Å². The molecule has 0 bridgehead atoms. The minimum absolute atomic E-state index is 0.0996. The molecule has 0 amide bonds. The molecule has 0 radical (unpaired) electrons. The van der Waals surface area contributed by atoms with E-state index in [1.807, 2.05) is 0 Å². The molecule has 1 N–H and O–H groups in total. The van der Waals surface area contributed by atoms with Crippen LogP contribution in [0.25, 0.3) is 0 Å². The minimum Gasteiger partial charge on any atom is -0.480 e. The van der Waals surface area contributed by atoms with Gasteiger partial charge in [-0.1, -0.05) is 0 Å². The molecule has 1 saturated carbocycles. The van der Waals surface area contributed by atoms with E-state index in [4.69, 9.17) is 9.84 Å². The number of hydrogen-bond acceptors (Lipinski definition) is 6. The Hall–Kier alpha value is -1.99.